The lowest BCUT2D eigenvalue weighted by molar-refractivity contribution is -0.148. The fourth-order valence-corrected chi connectivity index (χ4v) is 1.17. The van der Waals surface area contributed by atoms with E-state index in [1.165, 1.54) is 0 Å². The van der Waals surface area contributed by atoms with Gasteiger partial charge in [-0.15, -0.1) is 0 Å². The van der Waals surface area contributed by atoms with Crippen molar-refractivity contribution in [3.05, 3.63) is 0 Å². The van der Waals surface area contributed by atoms with Crippen LogP contribution in [0.3, 0.4) is 0 Å². The van der Waals surface area contributed by atoms with Gasteiger partial charge >= 0.3 is 0 Å². The zero-order valence-corrected chi connectivity index (χ0v) is 6.64. The Morgan fingerprint density at radius 1 is 1.09 bits per heavy atom. The van der Waals surface area contributed by atoms with Crippen LogP contribution in [0.5, 0.6) is 0 Å². The fraction of sp³-hybridized carbons (Fsp3) is 1.00. The summed E-state index contributed by atoms with van der Waals surface area (Å²) in [6, 6.07) is 0. The molecule has 0 bridgehead atoms. The number of rotatable bonds is 2. The van der Waals surface area contributed by atoms with E-state index in [-0.39, 0.29) is 0 Å². The van der Waals surface area contributed by atoms with E-state index in [9.17, 15) is 8.78 Å². The molecule has 1 aliphatic heterocycles. The summed E-state index contributed by atoms with van der Waals surface area (Å²) in [4.78, 5) is 0. The molecule has 0 amide bonds. The maximum absolute atomic E-state index is 12.1. The largest absolute Gasteiger partial charge is 0.342 e. The molecule has 2 atom stereocenters. The molecular weight excluding hydrogens is 154 g/mol. The van der Waals surface area contributed by atoms with E-state index in [2.05, 4.69) is 0 Å². The second-order valence-electron chi connectivity index (χ2n) is 3.02. The minimum atomic E-state index is -0.840. The molecule has 11 heavy (non-hydrogen) atoms. The van der Waals surface area contributed by atoms with Crippen molar-refractivity contribution in [2.75, 3.05) is 13.3 Å². The standard InChI is InChI=1S/C7H12F2O2/c1-7(2)10-5(3-8)6(4-9)11-7/h5-6H,3-4H2,1-2H3/t5-,6-/m0/s1. The van der Waals surface area contributed by atoms with Crippen molar-refractivity contribution in [2.45, 2.75) is 31.8 Å². The fourth-order valence-electron chi connectivity index (χ4n) is 1.17. The van der Waals surface area contributed by atoms with Crippen molar-refractivity contribution in [3.8, 4) is 0 Å². The van der Waals surface area contributed by atoms with Crippen LogP contribution in [-0.2, 0) is 9.47 Å². The van der Waals surface area contributed by atoms with Crippen LogP contribution in [0, 0.1) is 0 Å². The molecule has 4 heteroatoms. The van der Waals surface area contributed by atoms with Gasteiger partial charge in [0.1, 0.15) is 25.6 Å². The van der Waals surface area contributed by atoms with Gasteiger partial charge < -0.3 is 9.47 Å². The van der Waals surface area contributed by atoms with Crippen LogP contribution in [0.4, 0.5) is 8.78 Å². The molecule has 1 rings (SSSR count). The Balaban J connectivity index is 2.55. The maximum Gasteiger partial charge on any atom is 0.164 e. The molecule has 0 aliphatic carbocycles. The quantitative estimate of drug-likeness (QED) is 0.618. The van der Waals surface area contributed by atoms with Crippen molar-refractivity contribution in [2.24, 2.45) is 0 Å². The van der Waals surface area contributed by atoms with Crippen LogP contribution in [0.15, 0.2) is 0 Å². The highest BCUT2D eigenvalue weighted by Crippen LogP contribution is 2.28. The highest BCUT2D eigenvalue weighted by Gasteiger charge is 2.41. The predicted molar refractivity (Wildman–Crippen MR) is 35.8 cm³/mol. The topological polar surface area (TPSA) is 18.5 Å². The van der Waals surface area contributed by atoms with Crippen LogP contribution in [0.2, 0.25) is 0 Å². The zero-order valence-electron chi connectivity index (χ0n) is 6.64. The van der Waals surface area contributed by atoms with Gasteiger partial charge in [-0.2, -0.15) is 0 Å². The van der Waals surface area contributed by atoms with Crippen molar-refractivity contribution in [1.29, 1.82) is 0 Å². The van der Waals surface area contributed by atoms with Gasteiger partial charge in [-0.25, -0.2) is 8.78 Å². The summed E-state index contributed by atoms with van der Waals surface area (Å²) in [5.74, 6) is -0.840. The molecule has 0 N–H and O–H groups in total. The molecule has 0 spiro atoms. The summed E-state index contributed by atoms with van der Waals surface area (Å²) in [5.41, 5.74) is 0. The first-order valence-electron chi connectivity index (χ1n) is 3.56. The van der Waals surface area contributed by atoms with E-state index < -0.39 is 31.3 Å². The summed E-state index contributed by atoms with van der Waals surface area (Å²) in [6.45, 7) is 1.90. The van der Waals surface area contributed by atoms with Gasteiger partial charge in [-0.05, 0) is 13.8 Å². The first kappa shape index (κ1) is 8.87. The average Bonchev–Trinajstić information content (AvgIpc) is 2.25. The van der Waals surface area contributed by atoms with Crippen LogP contribution in [0.1, 0.15) is 13.8 Å². The van der Waals surface area contributed by atoms with Gasteiger partial charge in [-0.1, -0.05) is 0 Å². The van der Waals surface area contributed by atoms with E-state index in [0.717, 1.165) is 0 Å². The molecule has 1 aliphatic rings. The van der Waals surface area contributed by atoms with E-state index >= 15 is 0 Å². The Hall–Kier alpha value is -0.220. The Morgan fingerprint density at radius 3 is 1.73 bits per heavy atom. The third-order valence-electron chi connectivity index (χ3n) is 1.59. The van der Waals surface area contributed by atoms with Gasteiger partial charge in [0, 0.05) is 0 Å². The molecular formula is C7H12F2O2. The third-order valence-corrected chi connectivity index (χ3v) is 1.59. The Morgan fingerprint density at radius 2 is 1.45 bits per heavy atom. The molecule has 0 aromatic heterocycles. The summed E-state index contributed by atoms with van der Waals surface area (Å²) in [6.07, 6.45) is -1.48. The first-order chi connectivity index (χ1) is 5.09. The zero-order chi connectivity index (χ0) is 8.48. The minimum Gasteiger partial charge on any atom is -0.342 e. The maximum atomic E-state index is 12.1. The second-order valence-corrected chi connectivity index (χ2v) is 3.02. The van der Waals surface area contributed by atoms with Gasteiger partial charge in [0.25, 0.3) is 0 Å². The smallest absolute Gasteiger partial charge is 0.164 e. The van der Waals surface area contributed by atoms with Crippen molar-refractivity contribution < 1.29 is 18.3 Å². The molecule has 66 valence electrons. The number of ether oxygens (including phenoxy) is 2. The summed E-state index contributed by atoms with van der Waals surface area (Å²) in [5, 5.41) is 0. The summed E-state index contributed by atoms with van der Waals surface area (Å²) in [7, 11) is 0. The molecule has 1 heterocycles. The van der Waals surface area contributed by atoms with Crippen LogP contribution in [-0.4, -0.2) is 31.3 Å². The number of hydrogen-bond acceptors (Lipinski definition) is 2. The third kappa shape index (κ3) is 1.87. The lowest BCUT2D eigenvalue weighted by Gasteiger charge is -2.15. The molecule has 2 nitrogen and oxygen atoms in total. The highest BCUT2D eigenvalue weighted by molar-refractivity contribution is 4.80. The molecule has 0 saturated carbocycles. The summed E-state index contributed by atoms with van der Waals surface area (Å²) >= 11 is 0. The number of hydrogen-bond donors (Lipinski definition) is 0. The average molecular weight is 166 g/mol. The number of halogens is 2. The molecule has 0 aromatic carbocycles. The van der Waals surface area contributed by atoms with Crippen molar-refractivity contribution in [3.63, 3.8) is 0 Å². The normalized spacial score (nSPS) is 36.0. The minimum absolute atomic E-state index is 0.696. The van der Waals surface area contributed by atoms with Crippen molar-refractivity contribution in [1.82, 2.24) is 0 Å². The molecule has 0 aromatic rings. The van der Waals surface area contributed by atoms with Crippen LogP contribution >= 0.6 is 0 Å². The Labute approximate surface area is 64.5 Å². The Bertz CT molecular complexity index is 124. The van der Waals surface area contributed by atoms with Gasteiger partial charge in [0.15, 0.2) is 5.79 Å². The van der Waals surface area contributed by atoms with E-state index in [4.69, 9.17) is 9.47 Å². The van der Waals surface area contributed by atoms with Crippen LogP contribution < -0.4 is 0 Å². The molecule has 1 saturated heterocycles. The van der Waals surface area contributed by atoms with E-state index in [1.807, 2.05) is 0 Å². The molecule has 1 fully saturated rings. The lowest BCUT2D eigenvalue weighted by atomic mass is 10.2. The lowest BCUT2D eigenvalue weighted by Crippen LogP contribution is -2.26. The molecule has 0 radical (unpaired) electrons. The van der Waals surface area contributed by atoms with Gasteiger partial charge in [0.2, 0.25) is 0 Å². The molecule has 0 unspecified atom stereocenters. The van der Waals surface area contributed by atoms with Crippen LogP contribution in [0.25, 0.3) is 0 Å². The van der Waals surface area contributed by atoms with Gasteiger partial charge in [0.05, 0.1) is 0 Å². The van der Waals surface area contributed by atoms with Crippen molar-refractivity contribution >= 4 is 0 Å². The number of alkyl halides is 2. The van der Waals surface area contributed by atoms with Gasteiger partial charge in [-0.3, -0.25) is 0 Å². The Kier molecular flexibility index (Phi) is 2.44. The second kappa shape index (κ2) is 3.03. The first-order valence-corrected chi connectivity index (χ1v) is 3.56. The summed E-state index contributed by atoms with van der Waals surface area (Å²) < 4.78 is 34.3. The predicted octanol–water partition coefficient (Wildman–Crippen LogP) is 1.45. The SMILES string of the molecule is CC1(C)O[C@@H](CF)[C@H](CF)O1. The highest BCUT2D eigenvalue weighted by atomic mass is 19.1. The monoisotopic (exact) mass is 166 g/mol. The van der Waals surface area contributed by atoms with E-state index in [1.54, 1.807) is 13.8 Å². The van der Waals surface area contributed by atoms with E-state index in [0.29, 0.717) is 0 Å².